The number of rotatable bonds is 6. The van der Waals surface area contributed by atoms with Crippen LogP contribution in [-0.4, -0.2) is 48.9 Å². The van der Waals surface area contributed by atoms with Crippen LogP contribution in [0.5, 0.6) is 0 Å². The van der Waals surface area contributed by atoms with E-state index in [0.717, 1.165) is 39.5 Å². The molecule has 0 N–H and O–H groups in total. The van der Waals surface area contributed by atoms with Crippen molar-refractivity contribution in [1.29, 1.82) is 0 Å². The van der Waals surface area contributed by atoms with Crippen LogP contribution in [-0.2, 0) is 0 Å². The van der Waals surface area contributed by atoms with Crippen molar-refractivity contribution in [3.63, 3.8) is 0 Å². The third-order valence-corrected chi connectivity index (χ3v) is 8.02. The van der Waals surface area contributed by atoms with E-state index in [1.54, 1.807) is 28.2 Å². The van der Waals surface area contributed by atoms with Gasteiger partial charge in [-0.25, -0.2) is 9.50 Å². The molecule has 32 heavy (non-hydrogen) atoms. The molecule has 0 spiro atoms. The van der Waals surface area contributed by atoms with Crippen molar-refractivity contribution in [3.8, 4) is 21.8 Å². The molecule has 0 atom stereocenters. The van der Waals surface area contributed by atoms with Gasteiger partial charge in [0.1, 0.15) is 0 Å². The van der Waals surface area contributed by atoms with Crippen molar-refractivity contribution in [3.05, 3.63) is 59.9 Å². The fraction of sp³-hybridized carbons (Fsp3) is 0.360. The second-order valence-electron chi connectivity index (χ2n) is 8.89. The summed E-state index contributed by atoms with van der Waals surface area (Å²) in [5.41, 5.74) is 4.24. The van der Waals surface area contributed by atoms with Crippen molar-refractivity contribution in [2.75, 3.05) is 13.1 Å². The van der Waals surface area contributed by atoms with E-state index in [9.17, 15) is 4.79 Å². The summed E-state index contributed by atoms with van der Waals surface area (Å²) in [6.45, 7) is 2.39. The largest absolute Gasteiger partial charge is 0.298 e. The smallest absolute Gasteiger partial charge is 0.165 e. The van der Waals surface area contributed by atoms with Crippen LogP contribution >= 0.6 is 11.3 Å². The highest BCUT2D eigenvalue weighted by Gasteiger charge is 2.43. The molecule has 2 saturated heterocycles. The van der Waals surface area contributed by atoms with E-state index < -0.39 is 0 Å². The summed E-state index contributed by atoms with van der Waals surface area (Å²) in [5.74, 6) is 0.200. The fourth-order valence-corrected chi connectivity index (χ4v) is 6.18. The number of fused-ring (bicyclic) bond motifs is 2. The van der Waals surface area contributed by atoms with Crippen molar-refractivity contribution in [2.45, 2.75) is 44.1 Å². The normalized spacial score (nSPS) is 17.8. The summed E-state index contributed by atoms with van der Waals surface area (Å²) in [6.07, 6.45) is 12.0. The van der Waals surface area contributed by atoms with Crippen LogP contribution in [0.2, 0.25) is 0 Å². The number of thiophene rings is 1. The Morgan fingerprint density at radius 1 is 1.12 bits per heavy atom. The second kappa shape index (κ2) is 7.90. The summed E-state index contributed by atoms with van der Waals surface area (Å²) in [4.78, 5) is 26.2. The Morgan fingerprint density at radius 3 is 2.81 bits per heavy atom. The first-order chi connectivity index (χ1) is 15.7. The lowest BCUT2D eigenvalue weighted by molar-refractivity contribution is 0.0944. The molecular formula is C25H25N5OS. The van der Waals surface area contributed by atoms with Crippen molar-refractivity contribution < 1.29 is 4.79 Å². The molecule has 2 aliphatic rings. The van der Waals surface area contributed by atoms with Crippen LogP contribution < -0.4 is 0 Å². The highest BCUT2D eigenvalue weighted by Crippen LogP contribution is 2.42. The summed E-state index contributed by atoms with van der Waals surface area (Å²) in [7, 11) is 0. The van der Waals surface area contributed by atoms with Crippen LogP contribution in [0.15, 0.2) is 54.3 Å². The molecule has 6 heterocycles. The van der Waals surface area contributed by atoms with Crippen LogP contribution in [0.4, 0.5) is 0 Å². The average Bonchev–Trinajstić information content (AvgIpc) is 3.61. The molecule has 0 aromatic carbocycles. The van der Waals surface area contributed by atoms with E-state index >= 15 is 0 Å². The molecule has 6 rings (SSSR count). The van der Waals surface area contributed by atoms with Gasteiger partial charge >= 0.3 is 0 Å². The van der Waals surface area contributed by atoms with E-state index in [2.05, 4.69) is 21.0 Å². The monoisotopic (exact) mass is 443 g/mol. The molecule has 7 heteroatoms. The zero-order chi connectivity index (χ0) is 21.5. The first kappa shape index (κ1) is 19.8. The molecule has 0 unspecified atom stereocenters. The van der Waals surface area contributed by atoms with Crippen LogP contribution in [0.1, 0.15) is 48.9 Å². The number of pyridine rings is 1. The molecule has 0 radical (unpaired) electrons. The van der Waals surface area contributed by atoms with Crippen molar-refractivity contribution in [1.82, 2.24) is 24.5 Å². The Morgan fingerprint density at radius 2 is 2.00 bits per heavy atom. The molecule has 4 aromatic heterocycles. The van der Waals surface area contributed by atoms with Gasteiger partial charge < -0.3 is 0 Å². The third-order valence-electron chi connectivity index (χ3n) is 7.13. The van der Waals surface area contributed by atoms with Gasteiger partial charge in [0.05, 0.1) is 28.0 Å². The van der Waals surface area contributed by atoms with Gasteiger partial charge in [0.15, 0.2) is 11.4 Å². The molecular weight excluding hydrogens is 418 g/mol. The Labute approximate surface area is 190 Å². The highest BCUT2D eigenvalue weighted by molar-refractivity contribution is 7.13. The minimum atomic E-state index is 0.200. The molecule has 2 fully saturated rings. The summed E-state index contributed by atoms with van der Waals surface area (Å²) < 4.78 is 1.76. The van der Waals surface area contributed by atoms with Gasteiger partial charge in [-0.15, -0.1) is 11.3 Å². The number of hydrogen-bond acceptors (Lipinski definition) is 6. The second-order valence-corrected chi connectivity index (χ2v) is 9.84. The predicted octanol–water partition coefficient (Wildman–Crippen LogP) is 5.11. The van der Waals surface area contributed by atoms with Crippen molar-refractivity contribution in [2.24, 2.45) is 0 Å². The number of hydrogen-bond donors (Lipinski definition) is 0. The van der Waals surface area contributed by atoms with E-state index in [1.807, 2.05) is 35.8 Å². The van der Waals surface area contributed by atoms with Gasteiger partial charge in [-0.3, -0.25) is 14.7 Å². The number of aromatic nitrogens is 4. The number of Topliss-reactive ketones (excluding diaryl/α,β-unsaturated/α-hetero) is 1. The van der Waals surface area contributed by atoms with Gasteiger partial charge in [0.25, 0.3) is 0 Å². The topological polar surface area (TPSA) is 63.4 Å². The maximum atomic E-state index is 13.1. The zero-order valence-corrected chi connectivity index (χ0v) is 18.7. The van der Waals surface area contributed by atoms with Gasteiger partial charge in [0, 0.05) is 29.9 Å². The minimum Gasteiger partial charge on any atom is -0.298 e. The van der Waals surface area contributed by atoms with E-state index in [1.165, 1.54) is 38.8 Å². The molecule has 0 bridgehead atoms. The van der Waals surface area contributed by atoms with Gasteiger partial charge in [-0.1, -0.05) is 6.07 Å². The minimum absolute atomic E-state index is 0.200. The van der Waals surface area contributed by atoms with E-state index in [0.29, 0.717) is 6.42 Å². The molecule has 162 valence electrons. The number of carbonyl (C=O) groups is 1. The SMILES string of the molecule is O=C(CCC12CCCN1CCC2)c1ccnc(-c2cnn3ccc(-c4cccs4)nc23)c1. The highest BCUT2D eigenvalue weighted by atomic mass is 32.1. The lowest BCUT2D eigenvalue weighted by atomic mass is 9.87. The van der Waals surface area contributed by atoms with Crippen LogP contribution in [0, 0.1) is 0 Å². The van der Waals surface area contributed by atoms with E-state index in [-0.39, 0.29) is 11.3 Å². The quantitative estimate of drug-likeness (QED) is 0.388. The summed E-state index contributed by atoms with van der Waals surface area (Å²) in [5, 5.41) is 6.49. The fourth-order valence-electron chi connectivity index (χ4n) is 5.49. The van der Waals surface area contributed by atoms with Gasteiger partial charge in [-0.05, 0) is 74.8 Å². The standard InChI is InChI=1S/C25H25N5OS/c31-22(5-10-25-8-2-12-29(25)13-3-9-25)18-6-11-26-21(16-18)19-17-27-30-14-7-20(28-24(19)30)23-4-1-15-32-23/h1,4,6-7,11,14-17H,2-3,5,8-10,12-13H2. The molecule has 0 aliphatic carbocycles. The maximum absolute atomic E-state index is 13.1. The third kappa shape index (κ3) is 3.36. The Kier molecular flexibility index (Phi) is 4.88. The molecule has 6 nitrogen and oxygen atoms in total. The Bertz CT molecular complexity index is 1270. The lowest BCUT2D eigenvalue weighted by Gasteiger charge is -2.31. The molecule has 2 aliphatic heterocycles. The molecule has 0 saturated carbocycles. The average molecular weight is 444 g/mol. The number of nitrogens with zero attached hydrogens (tertiary/aromatic N) is 5. The predicted molar refractivity (Wildman–Crippen MR) is 126 cm³/mol. The van der Waals surface area contributed by atoms with Crippen molar-refractivity contribution >= 4 is 22.8 Å². The number of carbonyl (C=O) groups excluding carboxylic acids is 1. The summed E-state index contributed by atoms with van der Waals surface area (Å²) >= 11 is 1.66. The zero-order valence-electron chi connectivity index (χ0n) is 17.9. The first-order valence-corrected chi connectivity index (χ1v) is 12.2. The number of ketones is 1. The molecule has 4 aromatic rings. The molecule has 0 amide bonds. The van der Waals surface area contributed by atoms with Gasteiger partial charge in [-0.2, -0.15) is 5.10 Å². The summed E-state index contributed by atoms with van der Waals surface area (Å²) in [6, 6.07) is 9.79. The Balaban J connectivity index is 1.27. The van der Waals surface area contributed by atoms with Gasteiger partial charge in [0.2, 0.25) is 0 Å². The lowest BCUT2D eigenvalue weighted by Crippen LogP contribution is -2.38. The maximum Gasteiger partial charge on any atom is 0.165 e. The van der Waals surface area contributed by atoms with Crippen LogP contribution in [0.25, 0.3) is 27.5 Å². The van der Waals surface area contributed by atoms with E-state index in [4.69, 9.17) is 4.98 Å². The Hall–Kier alpha value is -2.90. The first-order valence-electron chi connectivity index (χ1n) is 11.3. The van der Waals surface area contributed by atoms with Crippen LogP contribution in [0.3, 0.4) is 0 Å².